The molecule has 2 aromatic carbocycles. The molecule has 0 aliphatic carbocycles. The molecular weight excluding hydrogens is 295 g/mol. The van der Waals surface area contributed by atoms with E-state index in [1.807, 2.05) is 24.3 Å². The van der Waals surface area contributed by atoms with Gasteiger partial charge in [0, 0.05) is 19.5 Å². The standard InChI is InChI=1S/C11H7O2.2Zn/c12-11(13)10-7-3-5-8-4-1-2-6-9(8)10;;/h1-5,7H,(H,12,13);;. The zero-order valence-electron chi connectivity index (χ0n) is 8.23. The van der Waals surface area contributed by atoms with Gasteiger partial charge in [-0.1, -0.05) is 0 Å². The minimum Gasteiger partial charge on any atom is 0 e. The van der Waals surface area contributed by atoms with Gasteiger partial charge in [-0.05, 0) is 0 Å². The van der Waals surface area contributed by atoms with Gasteiger partial charge in [-0.25, -0.2) is 0 Å². The van der Waals surface area contributed by atoms with Crippen molar-refractivity contribution in [1.29, 1.82) is 0 Å². The van der Waals surface area contributed by atoms with Crippen LogP contribution >= 0.6 is 0 Å². The Morgan fingerprint density at radius 3 is 2.33 bits per heavy atom. The smallest absolute Gasteiger partial charge is 0 e. The minimum atomic E-state index is -0.850. The number of hydrogen-bond donors (Lipinski definition) is 1. The van der Waals surface area contributed by atoms with E-state index in [1.165, 1.54) is 0 Å². The molecular formula is C11H7O2Zn2. The van der Waals surface area contributed by atoms with Crippen LogP contribution in [-0.2, 0) is 37.8 Å². The van der Waals surface area contributed by atoms with Gasteiger partial charge < -0.3 is 0 Å². The molecule has 0 aliphatic rings. The summed E-state index contributed by atoms with van der Waals surface area (Å²) in [5.41, 5.74) is 0.407. The summed E-state index contributed by atoms with van der Waals surface area (Å²) in [7, 11) is 0. The van der Waals surface area contributed by atoms with Crippen LogP contribution < -0.4 is 4.16 Å². The second kappa shape index (κ2) is 4.96. The summed E-state index contributed by atoms with van der Waals surface area (Å²) in [5.74, 6) is -0.850. The normalized spacial score (nSPS) is 9.73. The molecule has 0 bridgehead atoms. The molecule has 0 aliphatic heterocycles. The molecule has 2 aromatic rings. The largest absolute Gasteiger partial charge is 0 e. The first-order valence-electron chi connectivity index (χ1n) is 4.27. The topological polar surface area (TPSA) is 37.3 Å². The van der Waals surface area contributed by atoms with Crippen LogP contribution in [0.3, 0.4) is 0 Å². The van der Waals surface area contributed by atoms with E-state index in [4.69, 9.17) is 5.11 Å². The Bertz CT molecular complexity index is 504. The van der Waals surface area contributed by atoms with Crippen molar-refractivity contribution in [2.75, 3.05) is 0 Å². The van der Waals surface area contributed by atoms with Gasteiger partial charge in [0.15, 0.2) is 0 Å². The number of carboxylic acids is 1. The molecule has 0 spiro atoms. The van der Waals surface area contributed by atoms with E-state index >= 15 is 0 Å². The Balaban J connectivity index is 0.00000112. The van der Waals surface area contributed by atoms with E-state index in [-0.39, 0.29) is 19.5 Å². The van der Waals surface area contributed by atoms with Crippen LogP contribution in [-0.4, -0.2) is 11.1 Å². The van der Waals surface area contributed by atoms with Crippen LogP contribution in [0.25, 0.3) is 10.8 Å². The maximum Gasteiger partial charge on any atom is 0 e. The van der Waals surface area contributed by atoms with Crippen molar-refractivity contribution < 1.29 is 47.7 Å². The Hall–Kier alpha value is -0.583. The maximum atomic E-state index is 11.0. The van der Waals surface area contributed by atoms with Crippen molar-refractivity contribution in [3.05, 3.63) is 42.0 Å². The van der Waals surface area contributed by atoms with Crippen LogP contribution in [0, 0.1) is 0 Å². The Morgan fingerprint density at radius 1 is 1.13 bits per heavy atom. The average molecular weight is 302 g/mol. The Labute approximate surface area is 110 Å². The summed E-state index contributed by atoms with van der Waals surface area (Å²) in [6.45, 7) is 0. The number of fused-ring (bicyclic) bond motifs is 1. The van der Waals surface area contributed by atoms with Gasteiger partial charge in [0.05, 0.1) is 0 Å². The van der Waals surface area contributed by atoms with Gasteiger partial charge in [-0.2, -0.15) is 0 Å². The third kappa shape index (κ3) is 2.33. The van der Waals surface area contributed by atoms with Crippen LogP contribution in [0.5, 0.6) is 0 Å². The van der Waals surface area contributed by atoms with Crippen LogP contribution in [0.4, 0.5) is 0 Å². The molecule has 0 unspecified atom stereocenters. The third-order valence-corrected chi connectivity index (χ3v) is 3.46. The number of hydrogen-bond acceptors (Lipinski definition) is 1. The van der Waals surface area contributed by atoms with Gasteiger partial charge >= 0.3 is 91.1 Å². The molecule has 0 amide bonds. The first-order valence-corrected chi connectivity index (χ1v) is 5.75. The van der Waals surface area contributed by atoms with E-state index in [9.17, 15) is 4.79 Å². The quantitative estimate of drug-likeness (QED) is 0.814. The van der Waals surface area contributed by atoms with Gasteiger partial charge in [0.2, 0.25) is 0 Å². The molecule has 0 fully saturated rings. The summed E-state index contributed by atoms with van der Waals surface area (Å²) >= 11 is 0.974. The zero-order valence-corrected chi connectivity index (χ0v) is 14.2. The molecule has 2 nitrogen and oxygen atoms in total. The third-order valence-electron chi connectivity index (χ3n) is 2.22. The van der Waals surface area contributed by atoms with Crippen LogP contribution in [0.2, 0.25) is 0 Å². The molecule has 0 aromatic heterocycles. The van der Waals surface area contributed by atoms with E-state index < -0.39 is 5.97 Å². The summed E-state index contributed by atoms with van der Waals surface area (Å²) < 4.78 is 1.13. The fourth-order valence-electron chi connectivity index (χ4n) is 1.60. The summed E-state index contributed by atoms with van der Waals surface area (Å²) in [6.07, 6.45) is 0. The first kappa shape index (κ1) is 12.5. The molecule has 0 radical (unpaired) electrons. The second-order valence-electron chi connectivity index (χ2n) is 3.13. The van der Waals surface area contributed by atoms with Gasteiger partial charge in [0.1, 0.15) is 0 Å². The Morgan fingerprint density at radius 2 is 1.73 bits per heavy atom. The number of carboxylic acid groups (broad SMARTS) is 1. The molecule has 2 rings (SSSR count). The zero-order chi connectivity index (χ0) is 10.1. The molecule has 4 heteroatoms. The van der Waals surface area contributed by atoms with E-state index in [1.54, 1.807) is 12.1 Å². The van der Waals surface area contributed by atoms with Crippen LogP contribution in [0.15, 0.2) is 36.4 Å². The molecule has 15 heavy (non-hydrogen) atoms. The summed E-state index contributed by atoms with van der Waals surface area (Å²) in [5, 5.41) is 10.9. The molecule has 0 saturated heterocycles. The van der Waals surface area contributed by atoms with Crippen molar-refractivity contribution >= 4 is 20.9 Å². The van der Waals surface area contributed by atoms with E-state index in [0.29, 0.717) is 5.56 Å². The SMILES string of the molecule is O=C(O)c1cccc2ccc[c]([Zn])c12.[Zn]. The molecule has 0 atom stereocenters. The Kier molecular flexibility index (Phi) is 4.13. The average Bonchev–Trinajstić information content (AvgIpc) is 2.17. The molecule has 0 heterocycles. The summed E-state index contributed by atoms with van der Waals surface area (Å²) in [6, 6.07) is 11.3. The van der Waals surface area contributed by atoms with Crippen LogP contribution in [0.1, 0.15) is 10.4 Å². The summed E-state index contributed by atoms with van der Waals surface area (Å²) in [4.78, 5) is 11.0. The number of aromatic carboxylic acids is 1. The van der Waals surface area contributed by atoms with Gasteiger partial charge in [0.25, 0.3) is 0 Å². The fourth-order valence-corrected chi connectivity index (χ4v) is 2.71. The fraction of sp³-hybridized carbons (Fsp3) is 0. The number of benzene rings is 2. The number of rotatable bonds is 1. The minimum absolute atomic E-state index is 0. The van der Waals surface area contributed by atoms with Gasteiger partial charge in [-0.3, -0.25) is 0 Å². The monoisotopic (exact) mass is 299 g/mol. The predicted octanol–water partition coefficient (Wildman–Crippen LogP) is 1.71. The van der Waals surface area contributed by atoms with Crippen molar-refractivity contribution in [1.82, 2.24) is 0 Å². The van der Waals surface area contributed by atoms with Crippen molar-refractivity contribution in [3.63, 3.8) is 0 Å². The van der Waals surface area contributed by atoms with E-state index in [2.05, 4.69) is 0 Å². The molecule has 67 valence electrons. The van der Waals surface area contributed by atoms with E-state index in [0.717, 1.165) is 33.2 Å². The molecule has 0 saturated carbocycles. The predicted molar refractivity (Wildman–Crippen MR) is 50.5 cm³/mol. The maximum absolute atomic E-state index is 11.0. The van der Waals surface area contributed by atoms with Crippen molar-refractivity contribution in [2.24, 2.45) is 0 Å². The number of carbonyl (C=O) groups is 1. The van der Waals surface area contributed by atoms with Crippen molar-refractivity contribution in [3.8, 4) is 0 Å². The van der Waals surface area contributed by atoms with Crippen molar-refractivity contribution in [2.45, 2.75) is 0 Å². The first-order chi connectivity index (χ1) is 6.70. The van der Waals surface area contributed by atoms with Gasteiger partial charge in [-0.15, -0.1) is 0 Å². The second-order valence-corrected chi connectivity index (χ2v) is 4.72. The molecule has 1 N–H and O–H groups in total.